The van der Waals surface area contributed by atoms with Gasteiger partial charge in [0, 0.05) is 23.2 Å². The lowest BCUT2D eigenvalue weighted by Crippen LogP contribution is -2.18. The van der Waals surface area contributed by atoms with Crippen LogP contribution in [0.4, 0.5) is 10.5 Å². The van der Waals surface area contributed by atoms with Crippen LogP contribution < -0.4 is 10.1 Å². The number of aromatic nitrogens is 4. The van der Waals surface area contributed by atoms with Crippen LogP contribution in [0.25, 0.3) is 22.2 Å². The molecule has 1 N–H and O–H groups in total. The average molecular weight is 469 g/mol. The number of ether oxygens (including phenoxy) is 2. The molecule has 2 aromatic heterocycles. The molecule has 1 aliphatic rings. The van der Waals surface area contributed by atoms with Crippen molar-refractivity contribution in [2.24, 2.45) is 0 Å². The molecule has 0 aliphatic heterocycles. The van der Waals surface area contributed by atoms with Gasteiger partial charge in [-0.1, -0.05) is 12.1 Å². The lowest BCUT2D eigenvalue weighted by Gasteiger charge is -2.30. The SMILES string of the molecule is CC(C)OC(=O)Nc1ccc(-c2c(C#N)c3ccc(Oc4ncncn4)cc3n2C2CCC2)cc1. The summed E-state index contributed by atoms with van der Waals surface area (Å²) in [5.74, 6) is 0.584. The van der Waals surface area contributed by atoms with E-state index in [1.54, 1.807) is 13.8 Å². The molecule has 9 heteroatoms. The van der Waals surface area contributed by atoms with Crippen molar-refractivity contribution in [3.8, 4) is 29.1 Å². The second-order valence-corrected chi connectivity index (χ2v) is 8.65. The van der Waals surface area contributed by atoms with Crippen molar-refractivity contribution >= 4 is 22.7 Å². The Kier molecular flexibility index (Phi) is 6.02. The summed E-state index contributed by atoms with van der Waals surface area (Å²) in [5.41, 5.74) is 3.92. The van der Waals surface area contributed by atoms with Gasteiger partial charge in [0.2, 0.25) is 0 Å². The highest BCUT2D eigenvalue weighted by molar-refractivity contribution is 5.96. The van der Waals surface area contributed by atoms with Gasteiger partial charge in [-0.3, -0.25) is 5.32 Å². The van der Waals surface area contributed by atoms with Gasteiger partial charge in [-0.25, -0.2) is 9.78 Å². The summed E-state index contributed by atoms with van der Waals surface area (Å²) in [4.78, 5) is 23.8. The third-order valence-electron chi connectivity index (χ3n) is 5.95. The Morgan fingerprint density at radius 1 is 1.14 bits per heavy atom. The van der Waals surface area contributed by atoms with Crippen LogP contribution in [0.2, 0.25) is 0 Å². The summed E-state index contributed by atoms with van der Waals surface area (Å²) in [5, 5.41) is 13.7. The fourth-order valence-electron chi connectivity index (χ4n) is 4.23. The molecule has 0 unspecified atom stereocenters. The maximum absolute atomic E-state index is 11.9. The summed E-state index contributed by atoms with van der Waals surface area (Å²) in [7, 11) is 0. The molecule has 1 fully saturated rings. The average Bonchev–Trinajstić information content (AvgIpc) is 3.12. The van der Waals surface area contributed by atoms with Gasteiger partial charge < -0.3 is 14.0 Å². The van der Waals surface area contributed by atoms with E-state index in [1.165, 1.54) is 12.7 Å². The number of carbonyl (C=O) groups is 1. The number of rotatable bonds is 6. The van der Waals surface area contributed by atoms with E-state index in [2.05, 4.69) is 30.9 Å². The first-order valence-corrected chi connectivity index (χ1v) is 11.5. The highest BCUT2D eigenvalue weighted by Crippen LogP contribution is 2.43. The summed E-state index contributed by atoms with van der Waals surface area (Å²) in [6.45, 7) is 3.60. The first-order valence-electron chi connectivity index (χ1n) is 11.5. The number of anilines is 1. The van der Waals surface area contributed by atoms with E-state index in [0.717, 1.165) is 41.4 Å². The lowest BCUT2D eigenvalue weighted by atomic mass is 9.92. The smallest absolute Gasteiger partial charge is 0.411 e. The molecule has 1 aliphatic carbocycles. The summed E-state index contributed by atoms with van der Waals surface area (Å²) < 4.78 is 13.2. The van der Waals surface area contributed by atoms with Gasteiger partial charge in [0.25, 0.3) is 0 Å². The molecule has 0 bridgehead atoms. The van der Waals surface area contributed by atoms with Crippen molar-refractivity contribution in [1.29, 1.82) is 5.26 Å². The van der Waals surface area contributed by atoms with E-state index in [-0.39, 0.29) is 12.1 Å². The summed E-state index contributed by atoms with van der Waals surface area (Å²) in [6.07, 6.45) is 5.29. The molecule has 2 aromatic carbocycles. The molecule has 176 valence electrons. The standard InChI is InChI=1S/C26H24N6O3/c1-16(2)34-26(33)31-18-8-6-17(7-9-18)24-22(13-27)21-11-10-20(35-25-29-14-28-15-30-25)12-23(21)32(24)19-4-3-5-19/h6-12,14-16,19H,3-5H2,1-2H3,(H,31,33). The Morgan fingerprint density at radius 3 is 2.51 bits per heavy atom. The third-order valence-corrected chi connectivity index (χ3v) is 5.95. The molecule has 1 saturated carbocycles. The Balaban J connectivity index is 1.55. The zero-order valence-corrected chi connectivity index (χ0v) is 19.4. The highest BCUT2D eigenvalue weighted by Gasteiger charge is 2.28. The number of hydrogen-bond donors (Lipinski definition) is 1. The van der Waals surface area contributed by atoms with Gasteiger partial charge >= 0.3 is 12.1 Å². The number of hydrogen-bond acceptors (Lipinski definition) is 7. The fourth-order valence-corrected chi connectivity index (χ4v) is 4.23. The summed E-state index contributed by atoms with van der Waals surface area (Å²) in [6, 6.07) is 16.0. The zero-order valence-electron chi connectivity index (χ0n) is 19.4. The second-order valence-electron chi connectivity index (χ2n) is 8.65. The van der Waals surface area contributed by atoms with Gasteiger partial charge in [0.15, 0.2) is 0 Å². The molecule has 0 atom stereocenters. The molecule has 9 nitrogen and oxygen atoms in total. The van der Waals surface area contributed by atoms with Crippen LogP contribution in [0.5, 0.6) is 11.8 Å². The maximum Gasteiger partial charge on any atom is 0.411 e. The van der Waals surface area contributed by atoms with Gasteiger partial charge in [-0.15, -0.1) is 0 Å². The molecule has 1 amide bonds. The number of carbonyl (C=O) groups excluding carboxylic acids is 1. The van der Waals surface area contributed by atoms with E-state index >= 15 is 0 Å². The minimum atomic E-state index is -0.500. The molecule has 0 saturated heterocycles. The van der Waals surface area contributed by atoms with E-state index < -0.39 is 6.09 Å². The number of nitrogens with zero attached hydrogens (tertiary/aromatic N) is 5. The first kappa shape index (κ1) is 22.3. The van der Waals surface area contributed by atoms with Crippen LogP contribution in [0.1, 0.15) is 44.7 Å². The molecular weight excluding hydrogens is 444 g/mol. The Bertz CT molecular complexity index is 1400. The summed E-state index contributed by atoms with van der Waals surface area (Å²) >= 11 is 0. The number of amides is 1. The quantitative estimate of drug-likeness (QED) is 0.378. The number of fused-ring (bicyclic) bond motifs is 1. The van der Waals surface area contributed by atoms with Crippen LogP contribution in [-0.4, -0.2) is 31.7 Å². The highest BCUT2D eigenvalue weighted by atomic mass is 16.6. The van der Waals surface area contributed by atoms with Crippen molar-refractivity contribution in [3.05, 3.63) is 60.7 Å². The van der Waals surface area contributed by atoms with Crippen LogP contribution >= 0.6 is 0 Å². The topological polar surface area (TPSA) is 115 Å². The van der Waals surface area contributed by atoms with Crippen molar-refractivity contribution in [2.45, 2.75) is 45.3 Å². The van der Waals surface area contributed by atoms with Crippen molar-refractivity contribution in [2.75, 3.05) is 5.32 Å². The van der Waals surface area contributed by atoms with Gasteiger partial charge in [0.1, 0.15) is 24.5 Å². The van der Waals surface area contributed by atoms with Gasteiger partial charge in [0.05, 0.1) is 22.9 Å². The predicted octanol–water partition coefficient (Wildman–Crippen LogP) is 5.84. The number of nitriles is 1. The van der Waals surface area contributed by atoms with Gasteiger partial charge in [-0.2, -0.15) is 15.2 Å². The van der Waals surface area contributed by atoms with E-state index in [1.807, 2.05) is 42.5 Å². The first-order chi connectivity index (χ1) is 17.0. The normalized spacial score (nSPS) is 13.3. The maximum atomic E-state index is 11.9. The lowest BCUT2D eigenvalue weighted by molar-refractivity contribution is 0.130. The Labute approximate surface area is 202 Å². The van der Waals surface area contributed by atoms with Crippen molar-refractivity contribution < 1.29 is 14.3 Å². The monoisotopic (exact) mass is 468 g/mol. The molecular formula is C26H24N6O3. The molecule has 0 spiro atoms. The molecule has 4 aromatic rings. The molecule has 5 rings (SSSR count). The minimum absolute atomic E-state index is 0.204. The molecule has 35 heavy (non-hydrogen) atoms. The number of nitrogens with one attached hydrogen (secondary N) is 1. The second kappa shape index (κ2) is 9.43. The molecule has 2 heterocycles. The van der Waals surface area contributed by atoms with Crippen LogP contribution in [-0.2, 0) is 4.74 Å². The van der Waals surface area contributed by atoms with Crippen molar-refractivity contribution in [1.82, 2.24) is 19.5 Å². The largest absolute Gasteiger partial charge is 0.447 e. The van der Waals surface area contributed by atoms with E-state index in [9.17, 15) is 10.1 Å². The third kappa shape index (κ3) is 4.51. The van der Waals surface area contributed by atoms with Crippen molar-refractivity contribution in [3.63, 3.8) is 0 Å². The van der Waals surface area contributed by atoms with E-state index in [0.29, 0.717) is 23.0 Å². The fraction of sp³-hybridized carbons (Fsp3) is 0.269. The molecule has 0 radical (unpaired) electrons. The van der Waals surface area contributed by atoms with Gasteiger partial charge in [-0.05, 0) is 62.9 Å². The van der Waals surface area contributed by atoms with Crippen LogP contribution in [0.15, 0.2) is 55.1 Å². The van der Waals surface area contributed by atoms with Crippen LogP contribution in [0.3, 0.4) is 0 Å². The Hall–Kier alpha value is -4.45. The number of benzene rings is 2. The Morgan fingerprint density at radius 2 is 1.89 bits per heavy atom. The van der Waals surface area contributed by atoms with Crippen LogP contribution in [0, 0.1) is 11.3 Å². The van der Waals surface area contributed by atoms with E-state index in [4.69, 9.17) is 9.47 Å². The zero-order chi connectivity index (χ0) is 24.4. The predicted molar refractivity (Wildman–Crippen MR) is 130 cm³/mol. The minimum Gasteiger partial charge on any atom is -0.447 e.